The summed E-state index contributed by atoms with van der Waals surface area (Å²) < 4.78 is 5.83. The van der Waals surface area contributed by atoms with E-state index in [2.05, 4.69) is 5.32 Å². The van der Waals surface area contributed by atoms with Crippen LogP contribution in [-0.4, -0.2) is 12.0 Å². The average Bonchev–Trinajstić information content (AvgIpc) is 2.46. The third-order valence-corrected chi connectivity index (χ3v) is 3.77. The molecule has 1 N–H and O–H groups in total. The van der Waals surface area contributed by atoms with Gasteiger partial charge in [0.1, 0.15) is 5.75 Å². The van der Waals surface area contributed by atoms with Gasteiger partial charge >= 0.3 is 0 Å². The maximum atomic E-state index is 12.3. The molecule has 0 saturated heterocycles. The van der Waals surface area contributed by atoms with Crippen molar-refractivity contribution in [2.75, 3.05) is 5.32 Å². The summed E-state index contributed by atoms with van der Waals surface area (Å²) in [5.41, 5.74) is 3.68. The number of hydrogen-bond donors (Lipinski definition) is 1. The molecule has 0 fully saturated rings. The van der Waals surface area contributed by atoms with Gasteiger partial charge in [0.2, 0.25) is 0 Å². The first-order valence-electron chi connectivity index (χ1n) is 7.18. The highest BCUT2D eigenvalue weighted by atomic mass is 35.5. The molecule has 0 saturated carbocycles. The smallest absolute Gasteiger partial charge is 0.265 e. The van der Waals surface area contributed by atoms with Crippen molar-refractivity contribution in [1.82, 2.24) is 0 Å². The maximum Gasteiger partial charge on any atom is 0.265 e. The molecule has 2 rings (SSSR count). The Bertz CT molecular complexity index is 677. The summed E-state index contributed by atoms with van der Waals surface area (Å²) in [5.74, 6) is 0.556. The van der Waals surface area contributed by atoms with E-state index in [1.807, 2.05) is 45.0 Å². The lowest BCUT2D eigenvalue weighted by Gasteiger charge is -2.18. The minimum atomic E-state index is -0.599. The van der Waals surface area contributed by atoms with E-state index in [9.17, 15) is 4.79 Å². The van der Waals surface area contributed by atoms with Gasteiger partial charge in [0.15, 0.2) is 6.10 Å². The van der Waals surface area contributed by atoms with Crippen LogP contribution in [0.3, 0.4) is 0 Å². The van der Waals surface area contributed by atoms with E-state index in [-0.39, 0.29) is 5.91 Å². The molecule has 1 atom stereocenters. The molecule has 0 aromatic heterocycles. The first-order chi connectivity index (χ1) is 10.4. The molecular weight excluding hydrogens is 298 g/mol. The summed E-state index contributed by atoms with van der Waals surface area (Å²) in [6, 6.07) is 11.3. The van der Waals surface area contributed by atoms with E-state index >= 15 is 0 Å². The number of carbonyl (C=O) groups excluding carboxylic acids is 1. The summed E-state index contributed by atoms with van der Waals surface area (Å²) in [5, 5.41) is 3.45. The molecule has 0 bridgehead atoms. The fourth-order valence-electron chi connectivity index (χ4n) is 2.18. The van der Waals surface area contributed by atoms with Crippen LogP contribution < -0.4 is 10.1 Å². The van der Waals surface area contributed by atoms with Crippen LogP contribution in [0.4, 0.5) is 5.69 Å². The second kappa shape index (κ2) is 6.84. The number of hydrogen-bond acceptors (Lipinski definition) is 2. The van der Waals surface area contributed by atoms with Gasteiger partial charge in [0.05, 0.1) is 0 Å². The second-order valence-corrected chi connectivity index (χ2v) is 5.87. The highest BCUT2D eigenvalue weighted by molar-refractivity contribution is 6.31. The predicted molar refractivity (Wildman–Crippen MR) is 90.8 cm³/mol. The molecule has 0 aliphatic heterocycles. The summed E-state index contributed by atoms with van der Waals surface area (Å²) in [4.78, 5) is 12.3. The molecule has 0 radical (unpaired) electrons. The number of ether oxygens (including phenoxy) is 1. The lowest BCUT2D eigenvalue weighted by molar-refractivity contribution is -0.122. The number of halogens is 1. The zero-order chi connectivity index (χ0) is 16.3. The summed E-state index contributed by atoms with van der Waals surface area (Å²) in [6.07, 6.45) is -0.599. The van der Waals surface area contributed by atoms with E-state index in [4.69, 9.17) is 16.3 Å². The Kier molecular flexibility index (Phi) is 5.09. The molecule has 0 heterocycles. The monoisotopic (exact) mass is 317 g/mol. The Morgan fingerprint density at radius 2 is 1.73 bits per heavy atom. The average molecular weight is 318 g/mol. The molecule has 2 aromatic rings. The summed E-state index contributed by atoms with van der Waals surface area (Å²) in [6.45, 7) is 7.59. The van der Waals surface area contributed by atoms with Crippen LogP contribution in [0.2, 0.25) is 5.02 Å². The van der Waals surface area contributed by atoms with Gasteiger partial charge in [-0.25, -0.2) is 0 Å². The third-order valence-electron chi connectivity index (χ3n) is 3.53. The molecule has 0 spiro atoms. The number of benzene rings is 2. The van der Waals surface area contributed by atoms with Crippen LogP contribution in [0.1, 0.15) is 23.6 Å². The number of aryl methyl sites for hydroxylation is 3. The fraction of sp³-hybridized carbons (Fsp3) is 0.278. The van der Waals surface area contributed by atoms with Crippen molar-refractivity contribution in [3.05, 3.63) is 58.1 Å². The standard InChI is InChI=1S/C18H20ClNO2/c1-11-8-9-15(19)10-16(11)20-18(21)14(4)22-17-12(2)6-5-7-13(17)3/h5-10,14H,1-4H3,(H,20,21)/t14-/m1/s1. The van der Waals surface area contributed by atoms with E-state index in [1.54, 1.807) is 19.1 Å². The molecule has 0 aliphatic rings. The van der Waals surface area contributed by atoms with Gasteiger partial charge in [-0.2, -0.15) is 0 Å². The first kappa shape index (κ1) is 16.4. The first-order valence-corrected chi connectivity index (χ1v) is 7.56. The molecule has 1 amide bonds. The van der Waals surface area contributed by atoms with Crippen molar-refractivity contribution in [3.8, 4) is 5.75 Å². The van der Waals surface area contributed by atoms with Crippen LogP contribution in [0, 0.1) is 20.8 Å². The largest absolute Gasteiger partial charge is 0.480 e. The molecule has 0 unspecified atom stereocenters. The molecule has 2 aromatic carbocycles. The third kappa shape index (κ3) is 3.80. The van der Waals surface area contributed by atoms with E-state index in [0.29, 0.717) is 10.7 Å². The van der Waals surface area contributed by atoms with Gasteiger partial charge in [-0.15, -0.1) is 0 Å². The van der Waals surface area contributed by atoms with E-state index < -0.39 is 6.10 Å². The topological polar surface area (TPSA) is 38.3 Å². The highest BCUT2D eigenvalue weighted by Gasteiger charge is 2.17. The quantitative estimate of drug-likeness (QED) is 0.889. The van der Waals surface area contributed by atoms with Gasteiger partial charge in [-0.05, 0) is 56.5 Å². The molecule has 4 heteroatoms. The van der Waals surface area contributed by atoms with Crippen molar-refractivity contribution in [1.29, 1.82) is 0 Å². The van der Waals surface area contributed by atoms with E-state index in [0.717, 1.165) is 22.4 Å². The summed E-state index contributed by atoms with van der Waals surface area (Å²) >= 11 is 5.97. The Hall–Kier alpha value is -2.00. The number of carbonyl (C=O) groups is 1. The van der Waals surface area contributed by atoms with Crippen molar-refractivity contribution < 1.29 is 9.53 Å². The van der Waals surface area contributed by atoms with Crippen LogP contribution in [0.25, 0.3) is 0 Å². The molecule has 22 heavy (non-hydrogen) atoms. The summed E-state index contributed by atoms with van der Waals surface area (Å²) in [7, 11) is 0. The minimum Gasteiger partial charge on any atom is -0.480 e. The van der Waals surface area contributed by atoms with Crippen LogP contribution in [-0.2, 0) is 4.79 Å². The SMILES string of the molecule is Cc1ccc(Cl)cc1NC(=O)[C@@H](C)Oc1c(C)cccc1C. The van der Waals surface area contributed by atoms with Gasteiger partial charge in [0.25, 0.3) is 5.91 Å². The zero-order valence-electron chi connectivity index (χ0n) is 13.2. The molecule has 116 valence electrons. The fourth-order valence-corrected chi connectivity index (χ4v) is 2.35. The van der Waals surface area contributed by atoms with Gasteiger partial charge in [0, 0.05) is 10.7 Å². The Labute approximate surface area is 136 Å². The normalized spacial score (nSPS) is 11.9. The number of para-hydroxylation sites is 1. The molecule has 0 aliphatic carbocycles. The van der Waals surface area contributed by atoms with Crippen molar-refractivity contribution in [2.24, 2.45) is 0 Å². The predicted octanol–water partition coefficient (Wildman–Crippen LogP) is 4.67. The van der Waals surface area contributed by atoms with Gasteiger partial charge < -0.3 is 10.1 Å². The Morgan fingerprint density at radius 1 is 1.09 bits per heavy atom. The van der Waals surface area contributed by atoms with Crippen molar-refractivity contribution >= 4 is 23.2 Å². The Balaban J connectivity index is 2.11. The number of nitrogens with one attached hydrogen (secondary N) is 1. The van der Waals surface area contributed by atoms with Gasteiger partial charge in [-0.3, -0.25) is 4.79 Å². The zero-order valence-corrected chi connectivity index (χ0v) is 14.0. The van der Waals surface area contributed by atoms with Crippen molar-refractivity contribution in [3.63, 3.8) is 0 Å². The van der Waals surface area contributed by atoms with Crippen molar-refractivity contribution in [2.45, 2.75) is 33.8 Å². The van der Waals surface area contributed by atoms with Gasteiger partial charge in [-0.1, -0.05) is 35.9 Å². The number of rotatable bonds is 4. The van der Waals surface area contributed by atoms with Crippen LogP contribution in [0.5, 0.6) is 5.75 Å². The second-order valence-electron chi connectivity index (χ2n) is 5.43. The number of anilines is 1. The lowest BCUT2D eigenvalue weighted by atomic mass is 10.1. The number of amides is 1. The van der Waals surface area contributed by atoms with Crippen LogP contribution in [0.15, 0.2) is 36.4 Å². The highest BCUT2D eigenvalue weighted by Crippen LogP contribution is 2.24. The van der Waals surface area contributed by atoms with E-state index in [1.165, 1.54) is 0 Å². The maximum absolute atomic E-state index is 12.3. The lowest BCUT2D eigenvalue weighted by Crippen LogP contribution is -2.30. The van der Waals surface area contributed by atoms with Crippen LogP contribution >= 0.6 is 11.6 Å². The Morgan fingerprint density at radius 3 is 2.36 bits per heavy atom. The molecule has 3 nitrogen and oxygen atoms in total. The molecular formula is C18H20ClNO2. The minimum absolute atomic E-state index is 0.201.